The van der Waals surface area contributed by atoms with Gasteiger partial charge in [-0.2, -0.15) is 0 Å². The zero-order valence-electron chi connectivity index (χ0n) is 13.5. The minimum atomic E-state index is -0.955. The van der Waals surface area contributed by atoms with Crippen LogP contribution in [0.4, 0.5) is 10.5 Å². The van der Waals surface area contributed by atoms with Gasteiger partial charge in [0.1, 0.15) is 5.75 Å². The first kappa shape index (κ1) is 17.7. The Labute approximate surface area is 139 Å². The number of nitrogens with zero attached hydrogens (tertiary/aromatic N) is 1. The zero-order chi connectivity index (χ0) is 17.5. The third kappa shape index (κ3) is 5.22. The summed E-state index contributed by atoms with van der Waals surface area (Å²) in [5.74, 6) is -0.408. The third-order valence-corrected chi connectivity index (χ3v) is 3.89. The molecule has 1 fully saturated rings. The van der Waals surface area contributed by atoms with Crippen LogP contribution in [0.25, 0.3) is 0 Å². The van der Waals surface area contributed by atoms with E-state index < -0.39 is 23.0 Å². The molecule has 130 valence electrons. The molecule has 1 aliphatic rings. The molecular weight excluding hydrogens is 314 g/mol. The second-order valence-electron chi connectivity index (χ2n) is 5.81. The van der Waals surface area contributed by atoms with E-state index in [0.29, 0.717) is 0 Å². The summed E-state index contributed by atoms with van der Waals surface area (Å²) >= 11 is 0. The molecule has 1 aliphatic carbocycles. The number of hydrogen-bond acceptors (Lipinski definition) is 5. The predicted molar refractivity (Wildman–Crippen MR) is 86.7 cm³/mol. The topological polar surface area (TPSA) is 111 Å². The lowest BCUT2D eigenvalue weighted by molar-refractivity contribution is -0.384. The number of nitro groups is 1. The van der Waals surface area contributed by atoms with Crippen LogP contribution in [-0.2, 0) is 4.79 Å². The van der Waals surface area contributed by atoms with Crippen LogP contribution in [0.5, 0.6) is 5.75 Å². The smallest absolute Gasteiger partial charge is 0.321 e. The van der Waals surface area contributed by atoms with E-state index in [2.05, 4.69) is 10.6 Å². The van der Waals surface area contributed by atoms with Crippen LogP contribution in [-0.4, -0.2) is 29.0 Å². The van der Waals surface area contributed by atoms with Crippen LogP contribution in [0.1, 0.15) is 39.0 Å². The molecule has 24 heavy (non-hydrogen) atoms. The fourth-order valence-corrected chi connectivity index (χ4v) is 2.61. The van der Waals surface area contributed by atoms with Crippen LogP contribution < -0.4 is 15.4 Å². The van der Waals surface area contributed by atoms with Crippen molar-refractivity contribution in [3.05, 3.63) is 34.4 Å². The monoisotopic (exact) mass is 335 g/mol. The van der Waals surface area contributed by atoms with Crippen LogP contribution in [0, 0.1) is 10.1 Å². The molecule has 1 saturated carbocycles. The largest absolute Gasteiger partial charge is 0.481 e. The molecule has 0 heterocycles. The number of benzene rings is 1. The van der Waals surface area contributed by atoms with E-state index in [-0.39, 0.29) is 17.5 Å². The molecule has 1 atom stereocenters. The molecular formula is C16H21N3O5. The maximum atomic E-state index is 12.0. The molecule has 1 aromatic carbocycles. The quantitative estimate of drug-likeness (QED) is 0.634. The van der Waals surface area contributed by atoms with Crippen molar-refractivity contribution >= 4 is 17.6 Å². The highest BCUT2D eigenvalue weighted by atomic mass is 16.6. The molecule has 8 nitrogen and oxygen atoms in total. The fraction of sp³-hybridized carbons (Fsp3) is 0.500. The van der Waals surface area contributed by atoms with E-state index in [1.165, 1.54) is 37.6 Å². The Morgan fingerprint density at radius 1 is 1.29 bits per heavy atom. The van der Waals surface area contributed by atoms with Gasteiger partial charge in [0.2, 0.25) is 0 Å². The normalized spacial score (nSPS) is 16.0. The first-order chi connectivity index (χ1) is 11.5. The lowest BCUT2D eigenvalue weighted by Gasteiger charge is -2.23. The number of nitrogens with one attached hydrogen (secondary N) is 2. The maximum absolute atomic E-state index is 12.0. The van der Waals surface area contributed by atoms with Gasteiger partial charge in [-0.05, 0) is 25.8 Å². The molecule has 0 bridgehead atoms. The van der Waals surface area contributed by atoms with E-state index in [4.69, 9.17) is 4.74 Å². The Morgan fingerprint density at radius 2 is 2.00 bits per heavy atom. The van der Waals surface area contributed by atoms with E-state index in [0.717, 1.165) is 25.7 Å². The maximum Gasteiger partial charge on any atom is 0.321 e. The molecule has 3 amide bonds. The minimum Gasteiger partial charge on any atom is -0.481 e. The standard InChI is InChI=1S/C16H21N3O5/c1-11(24-14-9-5-8-13(10-14)19(22)23)15(20)18-16(21)17-12-6-3-2-4-7-12/h5,8-12H,2-4,6-7H2,1H3,(H2,17,18,20,21). The lowest BCUT2D eigenvalue weighted by atomic mass is 9.96. The Balaban J connectivity index is 1.84. The van der Waals surface area contributed by atoms with Crippen molar-refractivity contribution in [3.63, 3.8) is 0 Å². The van der Waals surface area contributed by atoms with Crippen LogP contribution >= 0.6 is 0 Å². The Morgan fingerprint density at radius 3 is 2.67 bits per heavy atom. The van der Waals surface area contributed by atoms with Crippen LogP contribution in [0.15, 0.2) is 24.3 Å². The number of amides is 3. The van der Waals surface area contributed by atoms with Gasteiger partial charge < -0.3 is 10.1 Å². The third-order valence-electron chi connectivity index (χ3n) is 3.89. The molecule has 8 heteroatoms. The summed E-state index contributed by atoms with van der Waals surface area (Å²) in [6.45, 7) is 1.47. The van der Waals surface area contributed by atoms with Gasteiger partial charge >= 0.3 is 6.03 Å². The summed E-state index contributed by atoms with van der Waals surface area (Å²) in [4.78, 5) is 34.0. The molecule has 0 aliphatic heterocycles. The average Bonchev–Trinajstić information content (AvgIpc) is 2.55. The first-order valence-electron chi connectivity index (χ1n) is 7.98. The highest BCUT2D eigenvalue weighted by Gasteiger charge is 2.21. The number of hydrogen-bond donors (Lipinski definition) is 2. The van der Waals surface area contributed by atoms with Gasteiger partial charge in [0.05, 0.1) is 11.0 Å². The van der Waals surface area contributed by atoms with Gasteiger partial charge in [0, 0.05) is 12.1 Å². The Bertz CT molecular complexity index is 613. The second kappa shape index (κ2) is 8.28. The highest BCUT2D eigenvalue weighted by Crippen LogP contribution is 2.20. The summed E-state index contributed by atoms with van der Waals surface area (Å²) < 4.78 is 5.36. The van der Waals surface area contributed by atoms with E-state index in [9.17, 15) is 19.7 Å². The van der Waals surface area contributed by atoms with Crippen molar-refractivity contribution in [2.45, 2.75) is 51.2 Å². The Kier molecular flexibility index (Phi) is 6.11. The highest BCUT2D eigenvalue weighted by molar-refractivity contribution is 5.96. The first-order valence-corrected chi connectivity index (χ1v) is 7.98. The SMILES string of the molecule is CC(Oc1cccc([N+](=O)[O-])c1)C(=O)NC(=O)NC1CCCCC1. The molecule has 0 saturated heterocycles. The second-order valence-corrected chi connectivity index (χ2v) is 5.81. The minimum absolute atomic E-state index is 0.0968. The summed E-state index contributed by atoms with van der Waals surface area (Å²) in [6, 6.07) is 5.09. The van der Waals surface area contributed by atoms with E-state index in [1.807, 2.05) is 0 Å². The van der Waals surface area contributed by atoms with Gasteiger partial charge in [-0.1, -0.05) is 25.3 Å². The van der Waals surface area contributed by atoms with E-state index in [1.54, 1.807) is 0 Å². The van der Waals surface area contributed by atoms with Gasteiger partial charge in [-0.25, -0.2) is 4.79 Å². The zero-order valence-corrected chi connectivity index (χ0v) is 13.5. The number of nitro benzene ring substituents is 1. The Hall–Kier alpha value is -2.64. The van der Waals surface area contributed by atoms with Gasteiger partial charge in [0.15, 0.2) is 6.10 Å². The van der Waals surface area contributed by atoms with Gasteiger partial charge in [0.25, 0.3) is 11.6 Å². The summed E-state index contributed by atoms with van der Waals surface area (Å²) in [7, 11) is 0. The molecule has 0 radical (unpaired) electrons. The van der Waals surface area contributed by atoms with Gasteiger partial charge in [-0.3, -0.25) is 20.2 Å². The van der Waals surface area contributed by atoms with Crippen LogP contribution in [0.3, 0.4) is 0 Å². The number of non-ortho nitro benzene ring substituents is 1. The van der Waals surface area contributed by atoms with E-state index >= 15 is 0 Å². The number of carbonyl (C=O) groups is 2. The molecule has 2 N–H and O–H groups in total. The molecule has 0 spiro atoms. The van der Waals surface area contributed by atoms with Crippen LogP contribution in [0.2, 0.25) is 0 Å². The molecule has 2 rings (SSSR count). The van der Waals surface area contributed by atoms with Crippen molar-refractivity contribution in [2.24, 2.45) is 0 Å². The summed E-state index contributed by atoms with van der Waals surface area (Å²) in [6.07, 6.45) is 4.20. The predicted octanol–water partition coefficient (Wildman–Crippen LogP) is 2.52. The number of imide groups is 1. The fourth-order valence-electron chi connectivity index (χ4n) is 2.61. The molecule has 0 aromatic heterocycles. The number of carbonyl (C=O) groups excluding carboxylic acids is 2. The van der Waals surface area contributed by atoms with Crippen molar-refractivity contribution in [3.8, 4) is 5.75 Å². The molecule has 1 aromatic rings. The number of ether oxygens (including phenoxy) is 1. The number of urea groups is 1. The van der Waals surface area contributed by atoms with Crippen molar-refractivity contribution in [1.82, 2.24) is 10.6 Å². The lowest BCUT2D eigenvalue weighted by Crippen LogP contribution is -2.48. The summed E-state index contributed by atoms with van der Waals surface area (Å²) in [5.41, 5.74) is -0.129. The summed E-state index contributed by atoms with van der Waals surface area (Å²) in [5, 5.41) is 15.7. The number of rotatable bonds is 5. The molecule has 1 unspecified atom stereocenters. The van der Waals surface area contributed by atoms with Crippen molar-refractivity contribution in [2.75, 3.05) is 0 Å². The van der Waals surface area contributed by atoms with Crippen molar-refractivity contribution < 1.29 is 19.2 Å². The van der Waals surface area contributed by atoms with Gasteiger partial charge in [-0.15, -0.1) is 0 Å². The average molecular weight is 335 g/mol. The van der Waals surface area contributed by atoms with Crippen molar-refractivity contribution in [1.29, 1.82) is 0 Å².